The highest BCUT2D eigenvalue weighted by Crippen LogP contribution is 2.51. The Morgan fingerprint density at radius 2 is 0.831 bits per heavy atom. The molecular formula is C56H35NS2. The molecule has 0 radical (unpaired) electrons. The summed E-state index contributed by atoms with van der Waals surface area (Å²) in [7, 11) is 0. The maximum Gasteiger partial charge on any atom is 0.0624 e. The average Bonchev–Trinajstić information content (AvgIpc) is 3.88. The van der Waals surface area contributed by atoms with Crippen LogP contribution >= 0.6 is 22.7 Å². The summed E-state index contributed by atoms with van der Waals surface area (Å²) in [4.78, 5) is 2.52. The van der Waals surface area contributed by atoms with E-state index in [1.807, 2.05) is 22.7 Å². The number of fused-ring (bicyclic) bond motifs is 9. The molecule has 0 saturated carbocycles. The number of hydrogen-bond acceptors (Lipinski definition) is 3. The molecule has 3 heteroatoms. The average molecular weight is 786 g/mol. The second-order valence-electron chi connectivity index (χ2n) is 15.2. The lowest BCUT2D eigenvalue weighted by Crippen LogP contribution is -2.12. The summed E-state index contributed by atoms with van der Waals surface area (Å²) >= 11 is 3.75. The van der Waals surface area contributed by atoms with Crippen LogP contribution in [0.5, 0.6) is 0 Å². The summed E-state index contributed by atoms with van der Waals surface area (Å²) in [6.45, 7) is 0. The zero-order valence-corrected chi connectivity index (χ0v) is 33.6. The molecule has 0 aliphatic rings. The normalized spacial score (nSPS) is 11.7. The highest BCUT2D eigenvalue weighted by molar-refractivity contribution is 7.26. The van der Waals surface area contributed by atoms with Gasteiger partial charge < -0.3 is 4.90 Å². The van der Waals surface area contributed by atoms with E-state index in [1.54, 1.807) is 0 Å². The predicted octanol–water partition coefficient (Wildman–Crippen LogP) is 17.2. The minimum Gasteiger partial charge on any atom is -0.309 e. The lowest BCUT2D eigenvalue weighted by molar-refractivity contribution is 1.31. The van der Waals surface area contributed by atoms with Gasteiger partial charge in [0.2, 0.25) is 0 Å². The molecule has 0 aliphatic carbocycles. The molecule has 0 amide bonds. The van der Waals surface area contributed by atoms with Crippen molar-refractivity contribution in [3.05, 3.63) is 212 Å². The van der Waals surface area contributed by atoms with Crippen molar-refractivity contribution in [2.45, 2.75) is 0 Å². The van der Waals surface area contributed by atoms with Gasteiger partial charge in [0, 0.05) is 62.7 Å². The summed E-state index contributed by atoms with van der Waals surface area (Å²) in [5.74, 6) is 0. The Kier molecular flexibility index (Phi) is 7.97. The van der Waals surface area contributed by atoms with Crippen LogP contribution in [0.3, 0.4) is 0 Å². The van der Waals surface area contributed by atoms with Gasteiger partial charge in [0.05, 0.1) is 5.69 Å². The number of thiophene rings is 2. The van der Waals surface area contributed by atoms with Crippen LogP contribution in [0.15, 0.2) is 212 Å². The van der Waals surface area contributed by atoms with Crippen molar-refractivity contribution in [1.29, 1.82) is 0 Å². The molecule has 0 N–H and O–H groups in total. The van der Waals surface area contributed by atoms with Crippen molar-refractivity contribution in [1.82, 2.24) is 0 Å². The quantitative estimate of drug-likeness (QED) is 0.152. The Morgan fingerprint density at radius 3 is 1.61 bits per heavy atom. The molecule has 0 saturated heterocycles. The maximum atomic E-state index is 2.52. The number of rotatable bonds is 6. The highest BCUT2D eigenvalue weighted by atomic mass is 32.1. The first kappa shape index (κ1) is 34.0. The van der Waals surface area contributed by atoms with Gasteiger partial charge in [-0.15, -0.1) is 22.7 Å². The maximum absolute atomic E-state index is 2.52. The molecule has 0 unspecified atom stereocenters. The van der Waals surface area contributed by atoms with Gasteiger partial charge in [-0.3, -0.25) is 0 Å². The minimum absolute atomic E-state index is 1.11. The van der Waals surface area contributed by atoms with Gasteiger partial charge in [-0.1, -0.05) is 170 Å². The Bertz CT molecular complexity index is 3560. The zero-order valence-electron chi connectivity index (χ0n) is 32.0. The van der Waals surface area contributed by atoms with E-state index in [0.29, 0.717) is 0 Å². The molecule has 0 aliphatic heterocycles. The summed E-state index contributed by atoms with van der Waals surface area (Å²) in [6.07, 6.45) is 0. The van der Waals surface area contributed by atoms with Crippen LogP contribution in [-0.2, 0) is 0 Å². The largest absolute Gasteiger partial charge is 0.309 e. The molecule has 2 heterocycles. The SMILES string of the molecule is c1ccc(-c2cccc(-c3c(N(c4ccc(-c5cccc6c5sc5ccccc56)cc4)c4ccc5c(c4)sc4ccccc45)c4ccccc4c4ccccc34)c2)cc1. The number of benzene rings is 10. The molecule has 12 rings (SSSR count). The van der Waals surface area contributed by atoms with Crippen molar-refractivity contribution in [3.63, 3.8) is 0 Å². The monoisotopic (exact) mass is 785 g/mol. The van der Waals surface area contributed by atoms with Crippen molar-refractivity contribution in [2.75, 3.05) is 4.90 Å². The van der Waals surface area contributed by atoms with Crippen LogP contribution in [0.4, 0.5) is 17.1 Å². The van der Waals surface area contributed by atoms with E-state index in [1.165, 1.54) is 101 Å². The fourth-order valence-electron chi connectivity index (χ4n) is 9.16. The molecule has 0 spiro atoms. The van der Waals surface area contributed by atoms with Gasteiger partial charge in [0.1, 0.15) is 0 Å². The molecule has 0 atom stereocenters. The molecule has 59 heavy (non-hydrogen) atoms. The Labute approximate surface area is 350 Å². The highest BCUT2D eigenvalue weighted by Gasteiger charge is 2.25. The van der Waals surface area contributed by atoms with Crippen molar-refractivity contribution in [3.8, 4) is 33.4 Å². The molecule has 2 aromatic heterocycles. The summed E-state index contributed by atoms with van der Waals surface area (Å²) in [5.41, 5.74) is 10.7. The number of hydrogen-bond donors (Lipinski definition) is 0. The third-order valence-corrected chi connectivity index (χ3v) is 14.2. The van der Waals surface area contributed by atoms with Gasteiger partial charge in [-0.25, -0.2) is 0 Å². The standard InChI is InChI=1S/C56H35NS2/c1-2-14-36(15-3-1)38-16-12-17-39(34-38)54-48-22-6-4-18-43(48)44-19-5-7-23-49(44)55(54)57(41-32-33-47-45-20-8-10-26-51(45)58-53(47)35-41)40-30-28-37(29-31-40)42-24-13-25-50-46-21-9-11-27-52(46)59-56(42)50/h1-35H. The van der Waals surface area contributed by atoms with Gasteiger partial charge in [0.25, 0.3) is 0 Å². The molecule has 1 nitrogen and oxygen atoms in total. The minimum atomic E-state index is 1.11. The van der Waals surface area contributed by atoms with E-state index in [2.05, 4.69) is 217 Å². The van der Waals surface area contributed by atoms with E-state index < -0.39 is 0 Å². The zero-order chi connectivity index (χ0) is 38.9. The van der Waals surface area contributed by atoms with Crippen molar-refractivity contribution < 1.29 is 0 Å². The van der Waals surface area contributed by atoms with Crippen LogP contribution < -0.4 is 4.90 Å². The van der Waals surface area contributed by atoms with E-state index in [4.69, 9.17) is 0 Å². The molecule has 10 aromatic carbocycles. The van der Waals surface area contributed by atoms with E-state index in [-0.39, 0.29) is 0 Å². The smallest absolute Gasteiger partial charge is 0.0624 e. The Balaban J connectivity index is 1.14. The lowest BCUT2D eigenvalue weighted by atomic mass is 9.89. The second kappa shape index (κ2) is 13.8. The van der Waals surface area contributed by atoms with Gasteiger partial charge in [-0.05, 0) is 86.4 Å². The summed E-state index contributed by atoms with van der Waals surface area (Å²) in [6, 6.07) is 78.3. The summed E-state index contributed by atoms with van der Waals surface area (Å²) < 4.78 is 5.23. The van der Waals surface area contributed by atoms with Crippen LogP contribution in [0.2, 0.25) is 0 Å². The van der Waals surface area contributed by atoms with E-state index in [9.17, 15) is 0 Å². The lowest BCUT2D eigenvalue weighted by Gasteiger charge is -2.31. The van der Waals surface area contributed by atoms with E-state index in [0.717, 1.165) is 11.4 Å². The van der Waals surface area contributed by atoms with Crippen LogP contribution in [0, 0.1) is 0 Å². The Hall–Kier alpha value is -7.04. The second-order valence-corrected chi connectivity index (χ2v) is 17.3. The molecule has 0 bridgehead atoms. The first-order chi connectivity index (χ1) is 29.3. The molecule has 0 fully saturated rings. The van der Waals surface area contributed by atoms with Crippen molar-refractivity contribution in [2.24, 2.45) is 0 Å². The molecular weight excluding hydrogens is 751 g/mol. The van der Waals surface area contributed by atoms with Gasteiger partial charge >= 0.3 is 0 Å². The fraction of sp³-hybridized carbons (Fsp3) is 0. The van der Waals surface area contributed by atoms with Crippen LogP contribution in [0.25, 0.3) is 95.3 Å². The first-order valence-corrected chi connectivity index (χ1v) is 21.7. The molecule has 12 aromatic rings. The van der Waals surface area contributed by atoms with E-state index >= 15 is 0 Å². The predicted molar refractivity (Wildman–Crippen MR) is 258 cm³/mol. The summed E-state index contributed by atoms with van der Waals surface area (Å²) in [5, 5.41) is 10.2. The number of nitrogens with zero attached hydrogens (tertiary/aromatic N) is 1. The van der Waals surface area contributed by atoms with Gasteiger partial charge in [0.15, 0.2) is 0 Å². The van der Waals surface area contributed by atoms with Crippen LogP contribution in [-0.4, -0.2) is 0 Å². The van der Waals surface area contributed by atoms with Crippen molar-refractivity contribution >= 4 is 102 Å². The third kappa shape index (κ3) is 5.58. The Morgan fingerprint density at radius 1 is 0.288 bits per heavy atom. The fourth-order valence-corrected chi connectivity index (χ4v) is 11.5. The topological polar surface area (TPSA) is 3.24 Å². The molecule has 276 valence electrons. The first-order valence-electron chi connectivity index (χ1n) is 20.1. The number of anilines is 3. The van der Waals surface area contributed by atoms with Gasteiger partial charge in [-0.2, -0.15) is 0 Å². The van der Waals surface area contributed by atoms with Crippen LogP contribution in [0.1, 0.15) is 0 Å². The third-order valence-electron chi connectivity index (χ3n) is 11.8.